The van der Waals surface area contributed by atoms with Gasteiger partial charge in [-0.05, 0) is 42.8 Å². The van der Waals surface area contributed by atoms with Crippen molar-refractivity contribution in [3.8, 4) is 17.2 Å². The third kappa shape index (κ3) is 7.24. The summed E-state index contributed by atoms with van der Waals surface area (Å²) in [6.45, 7) is 9.63. The van der Waals surface area contributed by atoms with Gasteiger partial charge >= 0.3 is 5.97 Å². The predicted molar refractivity (Wildman–Crippen MR) is 126 cm³/mol. The zero-order chi connectivity index (χ0) is 24.8. The number of methoxy groups -OCH3 is 1. The molecule has 2 aromatic rings. The second-order valence-electron chi connectivity index (χ2n) is 8.72. The quantitative estimate of drug-likeness (QED) is 0.577. The summed E-state index contributed by atoms with van der Waals surface area (Å²) < 4.78 is 11.5. The lowest BCUT2D eigenvalue weighted by atomic mass is 9.95. The number of amides is 2. The largest absolute Gasteiger partial charge is 0.493 e. The van der Waals surface area contributed by atoms with E-state index in [1.165, 1.54) is 14.0 Å². The van der Waals surface area contributed by atoms with Crippen LogP contribution in [-0.2, 0) is 27.3 Å². The average molecular weight is 457 g/mol. The lowest BCUT2D eigenvalue weighted by Crippen LogP contribution is -2.29. The van der Waals surface area contributed by atoms with Crippen LogP contribution in [0.4, 0.5) is 5.69 Å². The highest BCUT2D eigenvalue weighted by atomic mass is 16.5. The first kappa shape index (κ1) is 25.7. The maximum absolute atomic E-state index is 12.4. The summed E-state index contributed by atoms with van der Waals surface area (Å²) in [4.78, 5) is 37.2. The minimum absolute atomic E-state index is 0.0892. The van der Waals surface area contributed by atoms with Crippen LogP contribution in [0, 0.1) is 5.41 Å². The SMILES string of the molecule is CCN(Cc1cc(NC(=O)C(C)(C)C)ccc1Oc1cc(CC(=O)O)ccc1OC)C(C)=O. The summed E-state index contributed by atoms with van der Waals surface area (Å²) >= 11 is 0. The van der Waals surface area contributed by atoms with E-state index in [1.54, 1.807) is 41.3 Å². The Balaban J connectivity index is 2.47. The molecule has 2 N–H and O–H groups in total. The van der Waals surface area contributed by atoms with Gasteiger partial charge in [-0.1, -0.05) is 26.8 Å². The molecule has 0 atom stereocenters. The van der Waals surface area contributed by atoms with Crippen molar-refractivity contribution in [2.45, 2.75) is 47.6 Å². The molecule has 2 rings (SSSR count). The van der Waals surface area contributed by atoms with Crippen molar-refractivity contribution < 1.29 is 29.0 Å². The number of aliphatic carboxylic acids is 1. The molecule has 0 aromatic heterocycles. The van der Waals surface area contributed by atoms with E-state index in [-0.39, 0.29) is 24.8 Å². The standard InChI is InChI=1S/C25H32N2O6/c1-7-27(16(2)28)15-18-14-19(26-24(31)25(3,4)5)9-11-20(18)33-22-12-17(13-23(29)30)8-10-21(22)32-6/h8-12,14H,7,13,15H2,1-6H3,(H,26,31)(H,29,30). The van der Waals surface area contributed by atoms with E-state index in [0.29, 0.717) is 40.6 Å². The Morgan fingerprint density at radius 2 is 1.70 bits per heavy atom. The van der Waals surface area contributed by atoms with Crippen LogP contribution in [0.3, 0.4) is 0 Å². The number of carboxylic acid groups (broad SMARTS) is 1. The summed E-state index contributed by atoms with van der Waals surface area (Å²) in [6.07, 6.45) is -0.154. The molecule has 0 aliphatic rings. The van der Waals surface area contributed by atoms with E-state index in [0.717, 1.165) is 0 Å². The van der Waals surface area contributed by atoms with Gasteiger partial charge in [0.25, 0.3) is 0 Å². The molecule has 0 bridgehead atoms. The molecule has 8 nitrogen and oxygen atoms in total. The van der Waals surface area contributed by atoms with Crippen LogP contribution in [0.1, 0.15) is 45.7 Å². The van der Waals surface area contributed by atoms with Gasteiger partial charge in [-0.25, -0.2) is 0 Å². The molecular weight excluding hydrogens is 424 g/mol. The first-order chi connectivity index (χ1) is 15.4. The summed E-state index contributed by atoms with van der Waals surface area (Å²) in [5, 5.41) is 12.0. The summed E-state index contributed by atoms with van der Waals surface area (Å²) in [5.74, 6) is 0.0895. The van der Waals surface area contributed by atoms with Gasteiger partial charge in [0.15, 0.2) is 11.5 Å². The number of benzene rings is 2. The predicted octanol–water partition coefficient (Wildman–Crippen LogP) is 4.47. The van der Waals surface area contributed by atoms with Crippen molar-refractivity contribution in [3.63, 3.8) is 0 Å². The molecule has 0 spiro atoms. The number of carbonyl (C=O) groups excluding carboxylic acids is 2. The van der Waals surface area contributed by atoms with Gasteiger partial charge in [-0.3, -0.25) is 14.4 Å². The van der Waals surface area contributed by atoms with Crippen LogP contribution >= 0.6 is 0 Å². The summed E-state index contributed by atoms with van der Waals surface area (Å²) in [5.41, 5.74) is 1.27. The van der Waals surface area contributed by atoms with Crippen molar-refractivity contribution in [2.75, 3.05) is 19.0 Å². The third-order valence-electron chi connectivity index (χ3n) is 4.99. The number of rotatable bonds is 9. The van der Waals surface area contributed by atoms with Crippen LogP contribution in [-0.4, -0.2) is 41.4 Å². The highest BCUT2D eigenvalue weighted by Crippen LogP contribution is 2.36. The molecule has 0 aliphatic carbocycles. The Labute approximate surface area is 194 Å². The molecule has 0 fully saturated rings. The zero-order valence-electron chi connectivity index (χ0n) is 20.0. The second kappa shape index (κ2) is 10.8. The van der Waals surface area contributed by atoms with E-state index in [1.807, 2.05) is 27.7 Å². The Bertz CT molecular complexity index is 1030. The van der Waals surface area contributed by atoms with Gasteiger partial charge in [0.2, 0.25) is 11.8 Å². The number of ether oxygens (including phenoxy) is 2. The number of nitrogens with zero attached hydrogens (tertiary/aromatic N) is 1. The molecule has 0 saturated heterocycles. The highest BCUT2D eigenvalue weighted by molar-refractivity contribution is 5.94. The summed E-state index contributed by atoms with van der Waals surface area (Å²) in [7, 11) is 1.50. The van der Waals surface area contributed by atoms with Gasteiger partial charge in [-0.2, -0.15) is 0 Å². The van der Waals surface area contributed by atoms with Gasteiger partial charge < -0.3 is 24.8 Å². The molecule has 0 heterocycles. The van der Waals surface area contributed by atoms with Crippen molar-refractivity contribution in [3.05, 3.63) is 47.5 Å². The number of hydrogen-bond acceptors (Lipinski definition) is 5. The molecule has 0 saturated carbocycles. The first-order valence-corrected chi connectivity index (χ1v) is 10.7. The Hall–Kier alpha value is -3.55. The number of nitrogens with one attached hydrogen (secondary N) is 1. The highest BCUT2D eigenvalue weighted by Gasteiger charge is 2.22. The molecule has 33 heavy (non-hydrogen) atoms. The van der Waals surface area contributed by atoms with E-state index in [4.69, 9.17) is 14.6 Å². The number of anilines is 1. The molecule has 0 unspecified atom stereocenters. The monoisotopic (exact) mass is 456 g/mol. The maximum Gasteiger partial charge on any atom is 0.307 e. The normalized spacial score (nSPS) is 11.0. The van der Waals surface area contributed by atoms with Gasteiger partial charge in [-0.15, -0.1) is 0 Å². The molecule has 178 valence electrons. The third-order valence-corrected chi connectivity index (χ3v) is 4.99. The fourth-order valence-electron chi connectivity index (χ4n) is 3.05. The van der Waals surface area contributed by atoms with Crippen molar-refractivity contribution in [1.29, 1.82) is 0 Å². The minimum atomic E-state index is -0.953. The van der Waals surface area contributed by atoms with Gasteiger partial charge in [0, 0.05) is 36.7 Å². The Morgan fingerprint density at radius 3 is 2.24 bits per heavy atom. The Kier molecular flexibility index (Phi) is 8.45. The van der Waals surface area contributed by atoms with Crippen LogP contribution in [0.2, 0.25) is 0 Å². The fraction of sp³-hybridized carbons (Fsp3) is 0.400. The molecular formula is C25H32N2O6. The van der Waals surface area contributed by atoms with Crippen molar-refractivity contribution >= 4 is 23.5 Å². The fourth-order valence-corrected chi connectivity index (χ4v) is 3.05. The molecule has 2 aromatic carbocycles. The number of carboxylic acids is 1. The van der Waals surface area contributed by atoms with E-state index in [9.17, 15) is 14.4 Å². The smallest absolute Gasteiger partial charge is 0.307 e. The van der Waals surface area contributed by atoms with Crippen molar-refractivity contribution in [2.24, 2.45) is 5.41 Å². The van der Waals surface area contributed by atoms with Gasteiger partial charge in [0.05, 0.1) is 13.5 Å². The minimum Gasteiger partial charge on any atom is -0.493 e. The maximum atomic E-state index is 12.4. The topological polar surface area (TPSA) is 105 Å². The second-order valence-corrected chi connectivity index (χ2v) is 8.72. The molecule has 8 heteroatoms. The lowest BCUT2D eigenvalue weighted by Gasteiger charge is -2.23. The van der Waals surface area contributed by atoms with E-state index >= 15 is 0 Å². The van der Waals surface area contributed by atoms with Crippen molar-refractivity contribution in [1.82, 2.24) is 4.90 Å². The zero-order valence-corrected chi connectivity index (χ0v) is 20.0. The lowest BCUT2D eigenvalue weighted by molar-refractivity contribution is -0.136. The van der Waals surface area contributed by atoms with E-state index in [2.05, 4.69) is 5.32 Å². The first-order valence-electron chi connectivity index (χ1n) is 10.7. The molecule has 0 aliphatic heterocycles. The Morgan fingerprint density at radius 1 is 1.03 bits per heavy atom. The average Bonchev–Trinajstić information content (AvgIpc) is 2.72. The van der Waals surface area contributed by atoms with Crippen LogP contribution in [0.5, 0.6) is 17.2 Å². The van der Waals surface area contributed by atoms with Crippen LogP contribution in [0.25, 0.3) is 0 Å². The van der Waals surface area contributed by atoms with Crippen LogP contribution in [0.15, 0.2) is 36.4 Å². The molecule has 2 amide bonds. The summed E-state index contributed by atoms with van der Waals surface area (Å²) in [6, 6.07) is 10.2. The number of hydrogen-bond donors (Lipinski definition) is 2. The van der Waals surface area contributed by atoms with Gasteiger partial charge in [0.1, 0.15) is 5.75 Å². The number of carbonyl (C=O) groups is 3. The van der Waals surface area contributed by atoms with Crippen LogP contribution < -0.4 is 14.8 Å². The van der Waals surface area contributed by atoms with E-state index < -0.39 is 11.4 Å². The molecule has 0 radical (unpaired) electrons.